The van der Waals surface area contributed by atoms with E-state index in [1.54, 1.807) is 11.8 Å². The second kappa shape index (κ2) is 8.54. The molecule has 3 aromatic rings. The van der Waals surface area contributed by atoms with Crippen LogP contribution in [-0.4, -0.2) is 5.91 Å². The zero-order chi connectivity index (χ0) is 17.5. The van der Waals surface area contributed by atoms with Gasteiger partial charge in [0.1, 0.15) is 5.25 Å². The van der Waals surface area contributed by atoms with Gasteiger partial charge in [-0.05, 0) is 30.2 Å². The van der Waals surface area contributed by atoms with E-state index in [-0.39, 0.29) is 17.2 Å². The first-order valence-electron chi connectivity index (χ1n) is 8.36. The third kappa shape index (κ3) is 4.74. The lowest BCUT2D eigenvalue weighted by Crippen LogP contribution is -2.30. The molecule has 2 nitrogen and oxygen atoms in total. The summed E-state index contributed by atoms with van der Waals surface area (Å²) < 4.78 is 0. The Morgan fingerprint density at radius 3 is 1.80 bits per heavy atom. The third-order valence-corrected chi connectivity index (χ3v) is 5.26. The van der Waals surface area contributed by atoms with Crippen LogP contribution < -0.4 is 5.32 Å². The van der Waals surface area contributed by atoms with Gasteiger partial charge in [-0.15, -0.1) is 11.8 Å². The SMILES string of the molecule is CC(NC(=O)C(Sc1ccccc1)c1ccccc1)c1ccccc1. The molecule has 0 bridgehead atoms. The minimum atomic E-state index is -0.283. The van der Waals surface area contributed by atoms with Crippen molar-refractivity contribution in [1.29, 1.82) is 0 Å². The number of nitrogens with one attached hydrogen (secondary N) is 1. The van der Waals surface area contributed by atoms with Crippen molar-refractivity contribution >= 4 is 17.7 Å². The fraction of sp³-hybridized carbons (Fsp3) is 0.136. The molecular formula is C22H21NOS. The maximum atomic E-state index is 13.0. The Balaban J connectivity index is 1.80. The number of hydrogen-bond acceptors (Lipinski definition) is 2. The van der Waals surface area contributed by atoms with Gasteiger partial charge in [0.15, 0.2) is 0 Å². The van der Waals surface area contributed by atoms with E-state index in [4.69, 9.17) is 0 Å². The molecule has 25 heavy (non-hydrogen) atoms. The number of carbonyl (C=O) groups is 1. The van der Waals surface area contributed by atoms with Gasteiger partial charge >= 0.3 is 0 Å². The highest BCUT2D eigenvalue weighted by Crippen LogP contribution is 2.35. The number of thioether (sulfide) groups is 1. The minimum Gasteiger partial charge on any atom is -0.348 e. The molecule has 0 aromatic heterocycles. The van der Waals surface area contributed by atoms with Gasteiger partial charge in [-0.1, -0.05) is 78.9 Å². The molecule has 126 valence electrons. The fourth-order valence-electron chi connectivity index (χ4n) is 2.65. The van der Waals surface area contributed by atoms with Gasteiger partial charge in [0, 0.05) is 4.90 Å². The third-order valence-electron chi connectivity index (χ3n) is 4.00. The molecule has 0 saturated carbocycles. The summed E-state index contributed by atoms with van der Waals surface area (Å²) in [7, 11) is 0. The number of rotatable bonds is 6. The zero-order valence-electron chi connectivity index (χ0n) is 14.1. The minimum absolute atomic E-state index is 0.0245. The Kier molecular flexibility index (Phi) is 5.91. The second-order valence-corrected chi connectivity index (χ2v) is 7.04. The van der Waals surface area contributed by atoms with Crippen LogP contribution in [0.3, 0.4) is 0 Å². The molecule has 2 unspecified atom stereocenters. The van der Waals surface area contributed by atoms with Gasteiger partial charge in [-0.25, -0.2) is 0 Å². The first-order valence-corrected chi connectivity index (χ1v) is 9.24. The standard InChI is InChI=1S/C22H21NOS/c1-17(18-11-5-2-6-12-18)23-22(24)21(19-13-7-3-8-14-19)25-20-15-9-4-10-16-20/h2-17,21H,1H3,(H,23,24). The van der Waals surface area contributed by atoms with E-state index < -0.39 is 0 Å². The highest BCUT2D eigenvalue weighted by atomic mass is 32.2. The summed E-state index contributed by atoms with van der Waals surface area (Å²) in [4.78, 5) is 14.1. The van der Waals surface area contributed by atoms with Crippen LogP contribution in [0.25, 0.3) is 0 Å². The summed E-state index contributed by atoms with van der Waals surface area (Å²) in [6.45, 7) is 2.02. The van der Waals surface area contributed by atoms with Gasteiger partial charge in [0.25, 0.3) is 0 Å². The Labute approximate surface area is 153 Å². The van der Waals surface area contributed by atoms with Crippen molar-refractivity contribution in [2.75, 3.05) is 0 Å². The van der Waals surface area contributed by atoms with Crippen LogP contribution in [0.2, 0.25) is 0 Å². The van der Waals surface area contributed by atoms with Crippen LogP contribution >= 0.6 is 11.8 Å². The maximum absolute atomic E-state index is 13.0. The molecule has 3 heteroatoms. The Morgan fingerprint density at radius 2 is 1.24 bits per heavy atom. The van der Waals surface area contributed by atoms with Crippen molar-refractivity contribution in [2.45, 2.75) is 23.1 Å². The predicted molar refractivity (Wildman–Crippen MR) is 104 cm³/mol. The van der Waals surface area contributed by atoms with Crippen LogP contribution in [-0.2, 0) is 4.79 Å². The lowest BCUT2D eigenvalue weighted by atomic mass is 10.1. The number of carbonyl (C=O) groups excluding carboxylic acids is 1. The van der Waals surface area contributed by atoms with Crippen LogP contribution in [0, 0.1) is 0 Å². The van der Waals surface area contributed by atoms with Crippen molar-refractivity contribution < 1.29 is 4.79 Å². The lowest BCUT2D eigenvalue weighted by Gasteiger charge is -2.21. The van der Waals surface area contributed by atoms with E-state index in [0.29, 0.717) is 0 Å². The predicted octanol–water partition coefficient (Wildman–Crippen LogP) is 5.40. The number of hydrogen-bond donors (Lipinski definition) is 1. The first-order chi connectivity index (χ1) is 12.2. The molecule has 0 radical (unpaired) electrons. The summed E-state index contributed by atoms with van der Waals surface area (Å²) in [5.74, 6) is 0.0245. The molecular weight excluding hydrogens is 326 g/mol. The molecule has 3 rings (SSSR count). The van der Waals surface area contributed by atoms with Gasteiger partial charge < -0.3 is 5.32 Å². The van der Waals surface area contributed by atoms with Crippen LogP contribution in [0.15, 0.2) is 95.9 Å². The molecule has 3 aromatic carbocycles. The van der Waals surface area contributed by atoms with E-state index in [2.05, 4.69) is 5.32 Å². The van der Waals surface area contributed by atoms with Crippen molar-refractivity contribution in [2.24, 2.45) is 0 Å². The molecule has 2 atom stereocenters. The molecule has 0 aliphatic rings. The van der Waals surface area contributed by atoms with Crippen LogP contribution in [0.5, 0.6) is 0 Å². The molecule has 0 heterocycles. The fourth-order valence-corrected chi connectivity index (χ4v) is 3.70. The van der Waals surface area contributed by atoms with Gasteiger partial charge in [-0.3, -0.25) is 4.79 Å². The zero-order valence-corrected chi connectivity index (χ0v) is 14.9. The normalized spacial score (nSPS) is 13.0. The molecule has 1 N–H and O–H groups in total. The summed E-state index contributed by atoms with van der Waals surface area (Å²) >= 11 is 1.58. The Hall–Kier alpha value is -2.52. The van der Waals surface area contributed by atoms with Crippen molar-refractivity contribution in [3.8, 4) is 0 Å². The highest BCUT2D eigenvalue weighted by Gasteiger charge is 2.23. The summed E-state index contributed by atoms with van der Waals surface area (Å²) in [5, 5.41) is 2.87. The second-order valence-electron chi connectivity index (χ2n) is 5.86. The topological polar surface area (TPSA) is 29.1 Å². The van der Waals surface area contributed by atoms with Crippen LogP contribution in [0.1, 0.15) is 29.3 Å². The molecule has 0 fully saturated rings. The average molecular weight is 347 g/mol. The van der Waals surface area contributed by atoms with Gasteiger partial charge in [0.05, 0.1) is 6.04 Å². The van der Waals surface area contributed by atoms with E-state index >= 15 is 0 Å². The van der Waals surface area contributed by atoms with Gasteiger partial charge in [-0.2, -0.15) is 0 Å². The van der Waals surface area contributed by atoms with E-state index in [0.717, 1.165) is 16.0 Å². The van der Waals surface area contributed by atoms with Gasteiger partial charge in [0.2, 0.25) is 5.91 Å². The maximum Gasteiger partial charge on any atom is 0.238 e. The molecule has 0 aliphatic heterocycles. The van der Waals surface area contributed by atoms with E-state index in [1.807, 2.05) is 97.9 Å². The molecule has 0 aliphatic carbocycles. The van der Waals surface area contributed by atoms with Crippen molar-refractivity contribution in [1.82, 2.24) is 5.32 Å². The summed E-state index contributed by atoms with van der Waals surface area (Å²) in [5.41, 5.74) is 2.11. The number of amides is 1. The molecule has 1 amide bonds. The molecule has 0 spiro atoms. The van der Waals surface area contributed by atoms with E-state index in [9.17, 15) is 4.79 Å². The highest BCUT2D eigenvalue weighted by molar-refractivity contribution is 8.00. The van der Waals surface area contributed by atoms with Crippen molar-refractivity contribution in [3.05, 3.63) is 102 Å². The lowest BCUT2D eigenvalue weighted by molar-refractivity contribution is -0.121. The monoisotopic (exact) mass is 347 g/mol. The quantitative estimate of drug-likeness (QED) is 0.605. The summed E-state index contributed by atoms with van der Waals surface area (Å²) in [6, 6.07) is 30.0. The van der Waals surface area contributed by atoms with Crippen LogP contribution in [0.4, 0.5) is 0 Å². The smallest absolute Gasteiger partial charge is 0.238 e. The van der Waals surface area contributed by atoms with E-state index in [1.165, 1.54) is 0 Å². The largest absolute Gasteiger partial charge is 0.348 e. The Bertz CT molecular complexity index is 790. The van der Waals surface area contributed by atoms with Crippen molar-refractivity contribution in [3.63, 3.8) is 0 Å². The average Bonchev–Trinajstić information content (AvgIpc) is 2.68. The molecule has 0 saturated heterocycles. The summed E-state index contributed by atoms with van der Waals surface area (Å²) in [6.07, 6.45) is 0. The first kappa shape index (κ1) is 17.3. The number of benzene rings is 3. The Morgan fingerprint density at radius 1 is 0.760 bits per heavy atom.